The van der Waals surface area contributed by atoms with E-state index in [1.807, 2.05) is 6.92 Å². The van der Waals surface area contributed by atoms with E-state index in [1.54, 1.807) is 0 Å². The molecule has 1 aliphatic carbocycles. The maximum atomic E-state index is 12.0. The minimum absolute atomic E-state index is 0.189. The third-order valence-electron chi connectivity index (χ3n) is 4.46. The molecule has 1 amide bonds. The molecule has 2 aliphatic rings. The molecule has 2 fully saturated rings. The maximum Gasteiger partial charge on any atom is 0.224 e. The highest BCUT2D eigenvalue weighted by Gasteiger charge is 2.37. The Labute approximate surface area is 110 Å². The summed E-state index contributed by atoms with van der Waals surface area (Å²) in [5.74, 6) is 0.428. The molecule has 1 saturated heterocycles. The summed E-state index contributed by atoms with van der Waals surface area (Å²) in [7, 11) is 0. The minimum atomic E-state index is 0.189. The van der Waals surface area contributed by atoms with Crippen LogP contribution in [0.15, 0.2) is 0 Å². The summed E-state index contributed by atoms with van der Waals surface area (Å²) >= 11 is 0. The van der Waals surface area contributed by atoms with Gasteiger partial charge in [-0.25, -0.2) is 0 Å². The molecule has 0 radical (unpaired) electrons. The third-order valence-corrected chi connectivity index (χ3v) is 4.46. The Morgan fingerprint density at radius 2 is 2.33 bits per heavy atom. The molecule has 0 aromatic carbocycles. The van der Waals surface area contributed by atoms with Gasteiger partial charge in [0.1, 0.15) is 0 Å². The predicted octanol–water partition coefficient (Wildman–Crippen LogP) is 1.31. The molecule has 1 aliphatic heterocycles. The van der Waals surface area contributed by atoms with E-state index < -0.39 is 0 Å². The molecule has 2 rings (SSSR count). The number of carbonyl (C=O) groups excluding carboxylic acids is 1. The molecule has 1 heterocycles. The fraction of sp³-hybridized carbons (Fsp3) is 0.929. The minimum Gasteiger partial charge on any atom is -0.382 e. The van der Waals surface area contributed by atoms with Crippen LogP contribution in [0.5, 0.6) is 0 Å². The fourth-order valence-corrected chi connectivity index (χ4v) is 2.92. The predicted molar refractivity (Wildman–Crippen MR) is 71.4 cm³/mol. The Balaban J connectivity index is 1.70. The van der Waals surface area contributed by atoms with Gasteiger partial charge >= 0.3 is 0 Å². The van der Waals surface area contributed by atoms with Crippen LogP contribution >= 0.6 is 0 Å². The number of rotatable bonds is 7. The summed E-state index contributed by atoms with van der Waals surface area (Å²) in [6.45, 7) is 6.32. The molecule has 4 heteroatoms. The smallest absolute Gasteiger partial charge is 0.224 e. The Morgan fingerprint density at radius 1 is 1.50 bits per heavy atom. The van der Waals surface area contributed by atoms with E-state index in [1.165, 1.54) is 19.3 Å². The van der Waals surface area contributed by atoms with Crippen molar-refractivity contribution in [2.24, 2.45) is 11.3 Å². The van der Waals surface area contributed by atoms with Gasteiger partial charge in [0.05, 0.1) is 5.92 Å². The molecule has 1 unspecified atom stereocenters. The van der Waals surface area contributed by atoms with Crippen molar-refractivity contribution in [2.75, 3.05) is 32.8 Å². The maximum absolute atomic E-state index is 12.0. The Hall–Kier alpha value is -0.610. The molecule has 0 aromatic heterocycles. The van der Waals surface area contributed by atoms with Gasteiger partial charge in [-0.2, -0.15) is 0 Å². The van der Waals surface area contributed by atoms with Gasteiger partial charge in [0.25, 0.3) is 0 Å². The summed E-state index contributed by atoms with van der Waals surface area (Å²) < 4.78 is 5.45. The van der Waals surface area contributed by atoms with E-state index in [-0.39, 0.29) is 11.8 Å². The first-order valence-electron chi connectivity index (χ1n) is 7.32. The van der Waals surface area contributed by atoms with Crippen LogP contribution in [0.3, 0.4) is 0 Å². The number of hydrogen-bond acceptors (Lipinski definition) is 3. The summed E-state index contributed by atoms with van der Waals surface area (Å²) in [4.78, 5) is 12.0. The molecule has 1 atom stereocenters. The quantitative estimate of drug-likeness (QED) is 0.674. The van der Waals surface area contributed by atoms with Crippen LogP contribution in [0, 0.1) is 11.3 Å². The van der Waals surface area contributed by atoms with E-state index in [0.717, 1.165) is 45.7 Å². The molecule has 1 saturated carbocycles. The highest BCUT2D eigenvalue weighted by molar-refractivity contribution is 5.79. The molecule has 0 spiro atoms. The first-order chi connectivity index (χ1) is 8.76. The van der Waals surface area contributed by atoms with E-state index in [9.17, 15) is 4.79 Å². The second-order valence-corrected chi connectivity index (χ2v) is 5.71. The number of carbonyl (C=O) groups is 1. The zero-order valence-electron chi connectivity index (χ0n) is 11.5. The molecule has 0 aromatic rings. The molecular weight excluding hydrogens is 228 g/mol. The van der Waals surface area contributed by atoms with Gasteiger partial charge in [-0.1, -0.05) is 6.42 Å². The highest BCUT2D eigenvalue weighted by atomic mass is 16.5. The standard InChI is InChI=1S/C14H26N2O2/c1-2-18-9-7-14(5-3-6-14)11-16-13(17)12-4-8-15-10-12/h12,15H,2-11H2,1H3,(H,16,17). The molecule has 0 bridgehead atoms. The molecular formula is C14H26N2O2. The topological polar surface area (TPSA) is 50.4 Å². The lowest BCUT2D eigenvalue weighted by Crippen LogP contribution is -2.44. The van der Waals surface area contributed by atoms with Gasteiger partial charge in [0, 0.05) is 26.3 Å². The van der Waals surface area contributed by atoms with E-state index in [0.29, 0.717) is 5.41 Å². The molecule has 18 heavy (non-hydrogen) atoms. The Bertz CT molecular complexity index is 271. The first kappa shape index (κ1) is 13.8. The average Bonchev–Trinajstić information content (AvgIpc) is 2.85. The van der Waals surface area contributed by atoms with Crippen molar-refractivity contribution >= 4 is 5.91 Å². The first-order valence-corrected chi connectivity index (χ1v) is 7.32. The monoisotopic (exact) mass is 254 g/mol. The third kappa shape index (κ3) is 3.45. The van der Waals surface area contributed by atoms with Crippen LogP contribution in [0.2, 0.25) is 0 Å². The fourth-order valence-electron chi connectivity index (χ4n) is 2.92. The van der Waals surface area contributed by atoms with Crippen LogP contribution in [-0.2, 0) is 9.53 Å². The number of hydrogen-bond donors (Lipinski definition) is 2. The van der Waals surface area contributed by atoms with E-state index in [4.69, 9.17) is 4.74 Å². The summed E-state index contributed by atoms with van der Waals surface area (Å²) in [5, 5.41) is 6.40. The van der Waals surface area contributed by atoms with Crippen LogP contribution in [0.4, 0.5) is 0 Å². The van der Waals surface area contributed by atoms with Crippen molar-refractivity contribution in [1.29, 1.82) is 0 Å². The lowest BCUT2D eigenvalue weighted by Gasteiger charge is -2.42. The molecule has 4 nitrogen and oxygen atoms in total. The van der Waals surface area contributed by atoms with Gasteiger partial charge in [-0.3, -0.25) is 4.79 Å². The second kappa shape index (κ2) is 6.53. The van der Waals surface area contributed by atoms with Crippen LogP contribution in [-0.4, -0.2) is 38.8 Å². The second-order valence-electron chi connectivity index (χ2n) is 5.71. The van der Waals surface area contributed by atoms with Crippen molar-refractivity contribution in [1.82, 2.24) is 10.6 Å². The highest BCUT2D eigenvalue weighted by Crippen LogP contribution is 2.43. The van der Waals surface area contributed by atoms with Gasteiger partial charge in [0.15, 0.2) is 0 Å². The molecule has 104 valence electrons. The average molecular weight is 254 g/mol. The van der Waals surface area contributed by atoms with Crippen LogP contribution in [0.1, 0.15) is 39.0 Å². The summed E-state index contributed by atoms with van der Waals surface area (Å²) in [5.41, 5.74) is 0.330. The lowest BCUT2D eigenvalue weighted by atomic mass is 9.66. The number of ether oxygens (including phenoxy) is 1. The van der Waals surface area contributed by atoms with Gasteiger partial charge in [-0.05, 0) is 44.6 Å². The Kier molecular flexibility index (Phi) is 5.01. The molecule has 2 N–H and O–H groups in total. The van der Waals surface area contributed by atoms with E-state index in [2.05, 4.69) is 10.6 Å². The van der Waals surface area contributed by atoms with Crippen molar-refractivity contribution in [2.45, 2.75) is 39.0 Å². The van der Waals surface area contributed by atoms with Crippen LogP contribution in [0.25, 0.3) is 0 Å². The largest absolute Gasteiger partial charge is 0.382 e. The van der Waals surface area contributed by atoms with Crippen molar-refractivity contribution in [3.8, 4) is 0 Å². The van der Waals surface area contributed by atoms with Crippen molar-refractivity contribution in [3.05, 3.63) is 0 Å². The zero-order chi connectivity index (χ0) is 12.8. The normalized spacial score (nSPS) is 25.7. The van der Waals surface area contributed by atoms with Gasteiger partial charge < -0.3 is 15.4 Å². The summed E-state index contributed by atoms with van der Waals surface area (Å²) in [6, 6.07) is 0. The van der Waals surface area contributed by atoms with Crippen molar-refractivity contribution < 1.29 is 9.53 Å². The van der Waals surface area contributed by atoms with Crippen LogP contribution < -0.4 is 10.6 Å². The number of nitrogens with one attached hydrogen (secondary N) is 2. The van der Waals surface area contributed by atoms with Crippen molar-refractivity contribution in [3.63, 3.8) is 0 Å². The lowest BCUT2D eigenvalue weighted by molar-refractivity contribution is -0.125. The van der Waals surface area contributed by atoms with E-state index >= 15 is 0 Å². The van der Waals surface area contributed by atoms with Gasteiger partial charge in [0.2, 0.25) is 5.91 Å². The SMILES string of the molecule is CCOCCC1(CNC(=O)C2CCNC2)CCC1. The Morgan fingerprint density at radius 3 is 2.89 bits per heavy atom. The van der Waals surface area contributed by atoms with Gasteiger partial charge in [-0.15, -0.1) is 0 Å². The summed E-state index contributed by atoms with van der Waals surface area (Å²) in [6.07, 6.45) is 5.85. The number of amides is 1. The zero-order valence-corrected chi connectivity index (χ0v) is 11.5.